The third kappa shape index (κ3) is 4.62. The Kier molecular flexibility index (Phi) is 5.56. The predicted octanol–water partition coefficient (Wildman–Crippen LogP) is 3.82. The number of rotatable bonds is 7. The molecule has 0 aliphatic carbocycles. The van der Waals surface area contributed by atoms with E-state index in [4.69, 9.17) is 4.42 Å². The molecule has 1 aromatic heterocycles. The van der Waals surface area contributed by atoms with Crippen molar-refractivity contribution in [3.63, 3.8) is 0 Å². The smallest absolute Gasteiger partial charge is 0.123 e. The largest absolute Gasteiger partial charge is 0.463 e. The Morgan fingerprint density at radius 1 is 1.15 bits per heavy atom. The molecule has 1 aromatic carbocycles. The molecule has 4 heteroatoms. The molecule has 0 spiro atoms. The van der Waals surface area contributed by atoms with Crippen LogP contribution >= 0.6 is 11.8 Å². The van der Waals surface area contributed by atoms with Gasteiger partial charge in [-0.15, -0.1) is 0 Å². The molecule has 1 heterocycles. The molecule has 0 radical (unpaired) electrons. The monoisotopic (exact) mass is 290 g/mol. The third-order valence-corrected chi connectivity index (χ3v) is 3.47. The Morgan fingerprint density at radius 2 is 1.95 bits per heavy atom. The van der Waals surface area contributed by atoms with E-state index in [1.54, 1.807) is 11.8 Å². The Bertz CT molecular complexity index is 537. The van der Waals surface area contributed by atoms with Gasteiger partial charge in [-0.3, -0.25) is 0 Å². The van der Waals surface area contributed by atoms with Crippen molar-refractivity contribution >= 4 is 17.4 Å². The number of nitrogens with one attached hydrogen (secondary N) is 1. The van der Waals surface area contributed by atoms with Crippen LogP contribution in [0.3, 0.4) is 0 Å². The molecular formula is C16H22N2OS. The SMILES string of the molecule is CSCc1ccc(CNc2cccc(CN(C)C)c2)o1. The summed E-state index contributed by atoms with van der Waals surface area (Å²) in [5, 5.41) is 3.41. The number of hydrogen-bond acceptors (Lipinski definition) is 4. The molecule has 0 bridgehead atoms. The fourth-order valence-corrected chi connectivity index (χ4v) is 2.51. The topological polar surface area (TPSA) is 28.4 Å². The zero-order valence-electron chi connectivity index (χ0n) is 12.3. The number of furan rings is 1. The van der Waals surface area contributed by atoms with Gasteiger partial charge in [-0.2, -0.15) is 11.8 Å². The highest BCUT2D eigenvalue weighted by molar-refractivity contribution is 7.97. The lowest BCUT2D eigenvalue weighted by Gasteiger charge is -2.11. The maximum Gasteiger partial charge on any atom is 0.123 e. The summed E-state index contributed by atoms with van der Waals surface area (Å²) in [6.45, 7) is 1.67. The number of hydrogen-bond donors (Lipinski definition) is 1. The van der Waals surface area contributed by atoms with Crippen molar-refractivity contribution in [1.29, 1.82) is 0 Å². The summed E-state index contributed by atoms with van der Waals surface area (Å²) < 4.78 is 5.75. The van der Waals surface area contributed by atoms with Crippen LogP contribution in [-0.4, -0.2) is 25.3 Å². The van der Waals surface area contributed by atoms with Gasteiger partial charge in [-0.1, -0.05) is 12.1 Å². The third-order valence-electron chi connectivity index (χ3n) is 2.90. The molecule has 0 amide bonds. The quantitative estimate of drug-likeness (QED) is 0.839. The molecule has 2 aromatic rings. The van der Waals surface area contributed by atoms with E-state index in [2.05, 4.69) is 60.9 Å². The van der Waals surface area contributed by atoms with Gasteiger partial charge < -0.3 is 14.6 Å². The van der Waals surface area contributed by atoms with E-state index in [9.17, 15) is 0 Å². The highest BCUT2D eigenvalue weighted by atomic mass is 32.2. The molecule has 20 heavy (non-hydrogen) atoms. The summed E-state index contributed by atoms with van der Waals surface area (Å²) in [6, 6.07) is 12.6. The van der Waals surface area contributed by atoms with Crippen molar-refractivity contribution in [2.45, 2.75) is 18.8 Å². The molecule has 3 nitrogen and oxygen atoms in total. The summed E-state index contributed by atoms with van der Waals surface area (Å²) in [5.41, 5.74) is 2.44. The first kappa shape index (κ1) is 15.0. The number of benzene rings is 1. The summed E-state index contributed by atoms with van der Waals surface area (Å²) in [5.74, 6) is 2.95. The second-order valence-corrected chi connectivity index (χ2v) is 5.96. The molecule has 0 aliphatic heterocycles. The van der Waals surface area contributed by atoms with Crippen molar-refractivity contribution in [3.8, 4) is 0 Å². The normalized spacial score (nSPS) is 11.0. The maximum atomic E-state index is 5.75. The van der Waals surface area contributed by atoms with Gasteiger partial charge in [0.05, 0.1) is 12.3 Å². The van der Waals surface area contributed by atoms with Crippen LogP contribution in [0, 0.1) is 0 Å². The van der Waals surface area contributed by atoms with E-state index in [-0.39, 0.29) is 0 Å². The second-order valence-electron chi connectivity index (χ2n) is 5.09. The Morgan fingerprint density at radius 3 is 2.70 bits per heavy atom. The summed E-state index contributed by atoms with van der Waals surface area (Å²) in [4.78, 5) is 2.17. The molecule has 0 saturated heterocycles. The molecule has 0 saturated carbocycles. The number of nitrogens with zero attached hydrogens (tertiary/aromatic N) is 1. The molecule has 0 unspecified atom stereocenters. The van der Waals surface area contributed by atoms with E-state index >= 15 is 0 Å². The van der Waals surface area contributed by atoms with Gasteiger partial charge in [0.1, 0.15) is 11.5 Å². The zero-order valence-corrected chi connectivity index (χ0v) is 13.2. The van der Waals surface area contributed by atoms with Crippen LogP contribution in [0.2, 0.25) is 0 Å². The van der Waals surface area contributed by atoms with E-state index in [1.807, 2.05) is 6.07 Å². The van der Waals surface area contributed by atoms with Gasteiger partial charge in [-0.05, 0) is 50.2 Å². The van der Waals surface area contributed by atoms with Crippen molar-refractivity contribution in [2.24, 2.45) is 0 Å². The number of thioether (sulfide) groups is 1. The lowest BCUT2D eigenvalue weighted by Crippen LogP contribution is -2.10. The van der Waals surface area contributed by atoms with Crippen molar-refractivity contribution in [1.82, 2.24) is 4.90 Å². The fourth-order valence-electron chi connectivity index (χ4n) is 2.07. The van der Waals surface area contributed by atoms with Crippen molar-refractivity contribution in [3.05, 3.63) is 53.5 Å². The minimum atomic E-state index is 0.722. The minimum Gasteiger partial charge on any atom is -0.463 e. The molecule has 0 fully saturated rings. The van der Waals surface area contributed by atoms with E-state index in [1.165, 1.54) is 5.56 Å². The molecular weight excluding hydrogens is 268 g/mol. The van der Waals surface area contributed by atoms with Crippen LogP contribution in [0.1, 0.15) is 17.1 Å². The summed E-state index contributed by atoms with van der Waals surface area (Å²) >= 11 is 1.77. The molecule has 108 valence electrons. The van der Waals surface area contributed by atoms with Crippen LogP contribution < -0.4 is 5.32 Å². The first-order chi connectivity index (χ1) is 9.67. The first-order valence-electron chi connectivity index (χ1n) is 6.71. The second kappa shape index (κ2) is 7.41. The fraction of sp³-hybridized carbons (Fsp3) is 0.375. The average Bonchev–Trinajstić information content (AvgIpc) is 2.84. The summed E-state index contributed by atoms with van der Waals surface area (Å²) in [6.07, 6.45) is 2.08. The highest BCUT2D eigenvalue weighted by Gasteiger charge is 2.02. The number of anilines is 1. The molecule has 2 rings (SSSR count). The predicted molar refractivity (Wildman–Crippen MR) is 87.1 cm³/mol. The van der Waals surface area contributed by atoms with Crippen LogP contribution in [0.25, 0.3) is 0 Å². The standard InChI is InChI=1S/C16H22N2OS/c1-18(2)11-13-5-4-6-14(9-13)17-10-15-7-8-16(19-15)12-20-3/h4-9,17H,10-12H2,1-3H3. The van der Waals surface area contributed by atoms with Gasteiger partial charge in [0, 0.05) is 12.2 Å². The van der Waals surface area contributed by atoms with Crippen molar-refractivity contribution < 1.29 is 4.42 Å². The zero-order chi connectivity index (χ0) is 14.4. The summed E-state index contributed by atoms with van der Waals surface area (Å²) in [7, 11) is 4.16. The maximum absolute atomic E-state index is 5.75. The molecule has 0 aliphatic rings. The van der Waals surface area contributed by atoms with Crippen molar-refractivity contribution in [2.75, 3.05) is 25.7 Å². The Hall–Kier alpha value is -1.39. The van der Waals surface area contributed by atoms with Gasteiger partial charge in [0.2, 0.25) is 0 Å². The van der Waals surface area contributed by atoms with Gasteiger partial charge in [-0.25, -0.2) is 0 Å². The van der Waals surface area contributed by atoms with E-state index < -0.39 is 0 Å². The van der Waals surface area contributed by atoms with E-state index in [0.29, 0.717) is 0 Å². The Labute approximate surface area is 125 Å². The van der Waals surface area contributed by atoms with Gasteiger partial charge >= 0.3 is 0 Å². The lowest BCUT2D eigenvalue weighted by atomic mass is 10.2. The minimum absolute atomic E-state index is 0.722. The van der Waals surface area contributed by atoms with Crippen LogP contribution in [-0.2, 0) is 18.8 Å². The van der Waals surface area contributed by atoms with Gasteiger partial charge in [0.15, 0.2) is 0 Å². The van der Waals surface area contributed by atoms with E-state index in [0.717, 1.165) is 36.1 Å². The lowest BCUT2D eigenvalue weighted by molar-refractivity contribution is 0.402. The average molecular weight is 290 g/mol. The van der Waals surface area contributed by atoms with Crippen LogP contribution in [0.15, 0.2) is 40.8 Å². The van der Waals surface area contributed by atoms with Gasteiger partial charge in [0.25, 0.3) is 0 Å². The molecule has 1 N–H and O–H groups in total. The highest BCUT2D eigenvalue weighted by Crippen LogP contribution is 2.16. The Balaban J connectivity index is 1.92. The first-order valence-corrected chi connectivity index (χ1v) is 8.11. The van der Waals surface area contributed by atoms with Crippen LogP contribution in [0.4, 0.5) is 5.69 Å². The molecule has 0 atom stereocenters. The van der Waals surface area contributed by atoms with Crippen LogP contribution in [0.5, 0.6) is 0 Å².